The summed E-state index contributed by atoms with van der Waals surface area (Å²) < 4.78 is 2.36. The molecule has 168 valence electrons. The molecule has 0 N–H and O–H groups in total. The van der Waals surface area contributed by atoms with E-state index in [0.29, 0.717) is 0 Å². The Morgan fingerprint density at radius 2 is 1.55 bits per heavy atom. The summed E-state index contributed by atoms with van der Waals surface area (Å²) in [6.45, 7) is 5.79. The van der Waals surface area contributed by atoms with Crippen LogP contribution in [-0.4, -0.2) is 55.8 Å². The average Bonchev–Trinajstić information content (AvgIpc) is 3.09. The lowest BCUT2D eigenvalue weighted by Gasteiger charge is -2.35. The van der Waals surface area contributed by atoms with Crippen molar-refractivity contribution in [3.8, 4) is 11.4 Å². The number of hydrogen-bond acceptors (Lipinski definition) is 6. The second-order valence-electron chi connectivity index (χ2n) is 9.01. The summed E-state index contributed by atoms with van der Waals surface area (Å²) in [6, 6.07) is 18.6. The number of rotatable bonds is 4. The minimum absolute atomic E-state index is 0.790. The van der Waals surface area contributed by atoms with E-state index in [1.165, 1.54) is 25.1 Å². The van der Waals surface area contributed by atoms with Crippen LogP contribution in [0.3, 0.4) is 0 Å². The van der Waals surface area contributed by atoms with Gasteiger partial charge in [0.2, 0.25) is 0 Å². The number of fused-ring (bicyclic) bond motifs is 2. The lowest BCUT2D eigenvalue weighted by Crippen LogP contribution is -2.46. The molecular formula is C26H29N7. The van der Waals surface area contributed by atoms with Gasteiger partial charge in [-0.1, -0.05) is 48.9 Å². The van der Waals surface area contributed by atoms with Crippen molar-refractivity contribution in [2.24, 2.45) is 0 Å². The van der Waals surface area contributed by atoms with E-state index < -0.39 is 0 Å². The fraction of sp³-hybridized carbons (Fsp3) is 0.385. The van der Waals surface area contributed by atoms with E-state index in [9.17, 15) is 0 Å². The average molecular weight is 440 g/mol. The van der Waals surface area contributed by atoms with Crippen molar-refractivity contribution in [3.05, 3.63) is 66.2 Å². The summed E-state index contributed by atoms with van der Waals surface area (Å²) in [5.74, 6) is 4.12. The zero-order valence-corrected chi connectivity index (χ0v) is 18.9. The summed E-state index contributed by atoms with van der Waals surface area (Å²) in [4.78, 5) is 14.8. The molecule has 0 radical (unpaired) electrons. The lowest BCUT2D eigenvalue weighted by atomic mass is 10.1. The van der Waals surface area contributed by atoms with Crippen LogP contribution in [-0.2, 0) is 19.5 Å². The van der Waals surface area contributed by atoms with Gasteiger partial charge in [0.1, 0.15) is 17.5 Å². The third-order valence-electron chi connectivity index (χ3n) is 6.84. The van der Waals surface area contributed by atoms with Crippen molar-refractivity contribution in [1.29, 1.82) is 0 Å². The third kappa shape index (κ3) is 4.09. The van der Waals surface area contributed by atoms with Gasteiger partial charge in [-0.3, -0.25) is 4.90 Å². The van der Waals surface area contributed by atoms with E-state index in [4.69, 9.17) is 9.97 Å². The first-order valence-corrected chi connectivity index (χ1v) is 12.1. The Morgan fingerprint density at radius 3 is 2.42 bits per heavy atom. The van der Waals surface area contributed by atoms with Gasteiger partial charge in [-0.05, 0) is 25.0 Å². The SMILES string of the molecule is c1ccc(-c2nc(N3CCN(Cc4nnc5n4CCCCC5)CC3)c3ccccc3n2)cc1. The number of aryl methyl sites for hydroxylation is 1. The monoisotopic (exact) mass is 439 g/mol. The third-order valence-corrected chi connectivity index (χ3v) is 6.84. The van der Waals surface area contributed by atoms with Crippen LogP contribution in [0.4, 0.5) is 5.82 Å². The van der Waals surface area contributed by atoms with Crippen LogP contribution in [0.2, 0.25) is 0 Å². The van der Waals surface area contributed by atoms with Crippen molar-refractivity contribution < 1.29 is 0 Å². The van der Waals surface area contributed by atoms with Crippen LogP contribution in [0.25, 0.3) is 22.3 Å². The molecule has 1 saturated heterocycles. The number of para-hydroxylation sites is 1. The molecule has 4 aromatic rings. The highest BCUT2D eigenvalue weighted by Gasteiger charge is 2.23. The topological polar surface area (TPSA) is 63.0 Å². The van der Waals surface area contributed by atoms with Gasteiger partial charge in [-0.25, -0.2) is 9.97 Å². The molecule has 7 nitrogen and oxygen atoms in total. The van der Waals surface area contributed by atoms with Crippen LogP contribution in [0.15, 0.2) is 54.6 Å². The van der Waals surface area contributed by atoms with Crippen LogP contribution < -0.4 is 4.90 Å². The van der Waals surface area contributed by atoms with Crippen molar-refractivity contribution >= 4 is 16.7 Å². The number of aromatic nitrogens is 5. The minimum atomic E-state index is 0.790. The molecule has 0 atom stereocenters. The molecule has 0 aliphatic carbocycles. The largest absolute Gasteiger partial charge is 0.353 e. The van der Waals surface area contributed by atoms with Crippen molar-refractivity contribution in [1.82, 2.24) is 29.6 Å². The highest BCUT2D eigenvalue weighted by molar-refractivity contribution is 5.91. The molecule has 0 unspecified atom stereocenters. The number of piperazine rings is 1. The van der Waals surface area contributed by atoms with E-state index in [1.807, 2.05) is 24.3 Å². The Hall–Kier alpha value is -3.32. The number of hydrogen-bond donors (Lipinski definition) is 0. The molecular weight excluding hydrogens is 410 g/mol. The predicted octanol–water partition coefficient (Wildman–Crippen LogP) is 3.94. The zero-order chi connectivity index (χ0) is 22.0. The van der Waals surface area contributed by atoms with E-state index in [0.717, 1.165) is 79.6 Å². The van der Waals surface area contributed by atoms with Crippen molar-refractivity contribution in [2.45, 2.75) is 38.8 Å². The quantitative estimate of drug-likeness (QED) is 0.480. The molecule has 4 heterocycles. The maximum atomic E-state index is 5.03. The minimum Gasteiger partial charge on any atom is -0.353 e. The number of benzene rings is 2. The zero-order valence-electron chi connectivity index (χ0n) is 18.9. The van der Waals surface area contributed by atoms with Gasteiger partial charge in [0.25, 0.3) is 0 Å². The molecule has 2 aliphatic heterocycles. The lowest BCUT2D eigenvalue weighted by molar-refractivity contribution is 0.239. The summed E-state index contributed by atoms with van der Waals surface area (Å²) >= 11 is 0. The molecule has 7 heteroatoms. The van der Waals surface area contributed by atoms with E-state index in [2.05, 4.69) is 54.9 Å². The first kappa shape index (κ1) is 20.3. The first-order valence-electron chi connectivity index (χ1n) is 12.1. The van der Waals surface area contributed by atoms with E-state index >= 15 is 0 Å². The highest BCUT2D eigenvalue weighted by Crippen LogP contribution is 2.28. The van der Waals surface area contributed by atoms with E-state index in [-0.39, 0.29) is 0 Å². The van der Waals surface area contributed by atoms with Crippen LogP contribution in [0, 0.1) is 0 Å². The van der Waals surface area contributed by atoms with Gasteiger partial charge in [-0.2, -0.15) is 0 Å². The Labute approximate surface area is 194 Å². The van der Waals surface area contributed by atoms with Gasteiger partial charge in [0.05, 0.1) is 12.1 Å². The molecule has 1 fully saturated rings. The molecule has 33 heavy (non-hydrogen) atoms. The van der Waals surface area contributed by atoms with Gasteiger partial charge in [0, 0.05) is 50.1 Å². The molecule has 6 rings (SSSR count). The van der Waals surface area contributed by atoms with Crippen LogP contribution in [0.1, 0.15) is 30.9 Å². The standard InChI is InChI=1S/C26H29N7/c1-3-9-20(10-4-1)25-27-22-12-7-6-11-21(22)26(28-25)32-17-15-31(16-18-32)19-24-30-29-23-13-5-2-8-14-33(23)24/h1,3-4,6-7,9-12H,2,5,8,13-19H2. The smallest absolute Gasteiger partial charge is 0.162 e. The second kappa shape index (κ2) is 8.90. The fourth-order valence-electron chi connectivity index (χ4n) is 5.00. The Balaban J connectivity index is 1.22. The molecule has 2 aromatic carbocycles. The van der Waals surface area contributed by atoms with E-state index in [1.54, 1.807) is 0 Å². The van der Waals surface area contributed by atoms with Crippen molar-refractivity contribution in [3.63, 3.8) is 0 Å². The summed E-state index contributed by atoms with van der Waals surface area (Å²) in [6.07, 6.45) is 4.82. The highest BCUT2D eigenvalue weighted by atomic mass is 15.3. The second-order valence-corrected chi connectivity index (χ2v) is 9.01. The maximum absolute atomic E-state index is 5.03. The number of anilines is 1. The molecule has 2 aromatic heterocycles. The molecule has 2 aliphatic rings. The molecule has 0 bridgehead atoms. The predicted molar refractivity (Wildman–Crippen MR) is 130 cm³/mol. The van der Waals surface area contributed by atoms with Gasteiger partial charge < -0.3 is 9.47 Å². The van der Waals surface area contributed by atoms with Crippen LogP contribution in [0.5, 0.6) is 0 Å². The summed E-state index contributed by atoms with van der Waals surface area (Å²) in [5.41, 5.74) is 2.05. The maximum Gasteiger partial charge on any atom is 0.162 e. The van der Waals surface area contributed by atoms with Gasteiger partial charge >= 0.3 is 0 Å². The molecule has 0 amide bonds. The molecule has 0 saturated carbocycles. The van der Waals surface area contributed by atoms with Crippen LogP contribution >= 0.6 is 0 Å². The molecule has 0 spiro atoms. The first-order chi connectivity index (χ1) is 16.3. The summed E-state index contributed by atoms with van der Waals surface area (Å²) in [5, 5.41) is 10.1. The Morgan fingerprint density at radius 1 is 0.727 bits per heavy atom. The number of nitrogens with zero attached hydrogens (tertiary/aromatic N) is 7. The normalized spacial score (nSPS) is 17.2. The Kier molecular flexibility index (Phi) is 5.48. The van der Waals surface area contributed by atoms with Gasteiger partial charge in [-0.15, -0.1) is 10.2 Å². The Bertz CT molecular complexity index is 1240. The summed E-state index contributed by atoms with van der Waals surface area (Å²) in [7, 11) is 0. The fourth-order valence-corrected chi connectivity index (χ4v) is 5.00. The van der Waals surface area contributed by atoms with Gasteiger partial charge in [0.15, 0.2) is 5.82 Å². The van der Waals surface area contributed by atoms with Crippen molar-refractivity contribution in [2.75, 3.05) is 31.1 Å².